The molecule has 0 amide bonds. The molecule has 3 heteroatoms. The second-order valence-corrected chi connectivity index (χ2v) is 5.29. The Morgan fingerprint density at radius 3 is 2.31 bits per heavy atom. The highest BCUT2D eigenvalue weighted by atomic mass is 16.3. The van der Waals surface area contributed by atoms with Crippen LogP contribution in [0, 0.1) is 5.41 Å². The van der Waals surface area contributed by atoms with Crippen molar-refractivity contribution in [2.24, 2.45) is 5.41 Å². The molecule has 0 aliphatic carbocycles. The van der Waals surface area contributed by atoms with Crippen LogP contribution >= 0.6 is 0 Å². The van der Waals surface area contributed by atoms with Gasteiger partial charge >= 0.3 is 0 Å². The van der Waals surface area contributed by atoms with Gasteiger partial charge in [0.05, 0.1) is 6.61 Å². The summed E-state index contributed by atoms with van der Waals surface area (Å²) in [5.41, 5.74) is 0.301. The second kappa shape index (κ2) is 8.04. The first-order valence-corrected chi connectivity index (χ1v) is 6.54. The average Bonchev–Trinajstić information content (AvgIpc) is 2.26. The van der Waals surface area contributed by atoms with Gasteiger partial charge in [-0.3, -0.25) is 0 Å². The number of hydrogen-bond donors (Lipinski definition) is 2. The third-order valence-corrected chi connectivity index (χ3v) is 3.26. The van der Waals surface area contributed by atoms with Gasteiger partial charge in [0.1, 0.15) is 0 Å². The summed E-state index contributed by atoms with van der Waals surface area (Å²) in [4.78, 5) is 2.32. The monoisotopic (exact) mass is 230 g/mol. The van der Waals surface area contributed by atoms with Gasteiger partial charge in [0.15, 0.2) is 0 Å². The number of hydrogen-bond acceptors (Lipinski definition) is 3. The van der Waals surface area contributed by atoms with E-state index >= 15 is 0 Å². The molecule has 0 aliphatic heterocycles. The van der Waals surface area contributed by atoms with Crippen LogP contribution in [0.3, 0.4) is 0 Å². The van der Waals surface area contributed by atoms with E-state index in [1.54, 1.807) is 0 Å². The first kappa shape index (κ1) is 15.9. The predicted octanol–water partition coefficient (Wildman–Crippen LogP) is 1.71. The van der Waals surface area contributed by atoms with Crippen molar-refractivity contribution < 1.29 is 5.11 Å². The quantitative estimate of drug-likeness (QED) is 0.633. The molecule has 3 nitrogen and oxygen atoms in total. The highest BCUT2D eigenvalue weighted by molar-refractivity contribution is 4.80. The molecule has 0 fully saturated rings. The fourth-order valence-electron chi connectivity index (χ4n) is 1.77. The number of nitrogens with zero attached hydrogens (tertiary/aromatic N) is 1. The molecule has 0 radical (unpaired) electrons. The van der Waals surface area contributed by atoms with Crippen molar-refractivity contribution in [1.82, 2.24) is 10.2 Å². The Labute approximate surface area is 101 Å². The fourth-order valence-corrected chi connectivity index (χ4v) is 1.77. The van der Waals surface area contributed by atoms with Crippen molar-refractivity contribution in [2.45, 2.75) is 47.1 Å². The number of aliphatic hydroxyl groups excluding tert-OH is 1. The Kier molecular flexibility index (Phi) is 7.98. The van der Waals surface area contributed by atoms with Crippen molar-refractivity contribution in [3.8, 4) is 0 Å². The van der Waals surface area contributed by atoms with Crippen LogP contribution in [0.2, 0.25) is 0 Å². The van der Waals surface area contributed by atoms with E-state index in [0.717, 1.165) is 32.6 Å². The fraction of sp³-hybridized carbons (Fsp3) is 1.00. The Hall–Kier alpha value is -0.120. The topological polar surface area (TPSA) is 35.5 Å². The SMILES string of the molecule is CCN(CCO)CC(C)(CC)CNC(C)C. The number of rotatable bonds is 9. The van der Waals surface area contributed by atoms with Gasteiger partial charge in [0.25, 0.3) is 0 Å². The molecule has 1 atom stereocenters. The summed E-state index contributed by atoms with van der Waals surface area (Å²) in [6, 6.07) is 0.541. The molecule has 0 bridgehead atoms. The molecule has 16 heavy (non-hydrogen) atoms. The van der Waals surface area contributed by atoms with Crippen LogP contribution in [0.4, 0.5) is 0 Å². The Morgan fingerprint density at radius 1 is 1.31 bits per heavy atom. The second-order valence-electron chi connectivity index (χ2n) is 5.29. The largest absolute Gasteiger partial charge is 0.395 e. The van der Waals surface area contributed by atoms with Crippen LogP contribution in [0.15, 0.2) is 0 Å². The minimum absolute atomic E-state index is 0.255. The molecule has 1 unspecified atom stereocenters. The van der Waals surface area contributed by atoms with Crippen LogP contribution in [0.5, 0.6) is 0 Å². The first-order chi connectivity index (χ1) is 7.47. The summed E-state index contributed by atoms with van der Waals surface area (Å²) in [6.45, 7) is 15.2. The van der Waals surface area contributed by atoms with E-state index in [-0.39, 0.29) is 6.61 Å². The molecule has 0 aliphatic rings. The summed E-state index contributed by atoms with van der Waals surface area (Å²) in [5.74, 6) is 0. The summed E-state index contributed by atoms with van der Waals surface area (Å²) in [6.07, 6.45) is 1.16. The zero-order chi connectivity index (χ0) is 12.6. The van der Waals surface area contributed by atoms with Crippen LogP contribution < -0.4 is 5.32 Å². The van der Waals surface area contributed by atoms with Gasteiger partial charge in [0, 0.05) is 25.7 Å². The van der Waals surface area contributed by atoms with Gasteiger partial charge in [-0.05, 0) is 18.4 Å². The molecule has 2 N–H and O–H groups in total. The maximum Gasteiger partial charge on any atom is 0.0558 e. The molecule has 0 rings (SSSR count). The molecule has 98 valence electrons. The lowest BCUT2D eigenvalue weighted by molar-refractivity contribution is 0.132. The van der Waals surface area contributed by atoms with E-state index in [1.165, 1.54) is 0 Å². The normalized spacial score (nSPS) is 15.8. The van der Waals surface area contributed by atoms with E-state index < -0.39 is 0 Å². The van der Waals surface area contributed by atoms with Crippen molar-refractivity contribution >= 4 is 0 Å². The predicted molar refractivity (Wildman–Crippen MR) is 70.7 cm³/mol. The first-order valence-electron chi connectivity index (χ1n) is 6.54. The van der Waals surface area contributed by atoms with Gasteiger partial charge < -0.3 is 15.3 Å². The smallest absolute Gasteiger partial charge is 0.0558 e. The van der Waals surface area contributed by atoms with Crippen LogP contribution in [0.25, 0.3) is 0 Å². The summed E-state index contributed by atoms with van der Waals surface area (Å²) >= 11 is 0. The maximum absolute atomic E-state index is 9.00. The van der Waals surface area contributed by atoms with E-state index in [0.29, 0.717) is 11.5 Å². The third-order valence-electron chi connectivity index (χ3n) is 3.26. The molecule has 0 saturated heterocycles. The Balaban J connectivity index is 4.21. The van der Waals surface area contributed by atoms with Gasteiger partial charge in [-0.15, -0.1) is 0 Å². The summed E-state index contributed by atoms with van der Waals surface area (Å²) < 4.78 is 0. The molecule has 0 spiro atoms. The zero-order valence-corrected chi connectivity index (χ0v) is 11.7. The molecule has 0 aromatic carbocycles. The van der Waals surface area contributed by atoms with Crippen LogP contribution in [-0.2, 0) is 0 Å². The lowest BCUT2D eigenvalue weighted by atomic mass is 9.86. The lowest BCUT2D eigenvalue weighted by Crippen LogP contribution is -2.44. The lowest BCUT2D eigenvalue weighted by Gasteiger charge is -2.35. The van der Waals surface area contributed by atoms with Crippen LogP contribution in [-0.4, -0.2) is 48.8 Å². The standard InChI is InChI=1S/C13H30N2O/c1-6-13(5,10-14-12(3)4)11-15(7-2)8-9-16/h12,14,16H,6-11H2,1-5H3. The average molecular weight is 230 g/mol. The molecule has 0 heterocycles. The maximum atomic E-state index is 9.00. The summed E-state index contributed by atoms with van der Waals surface area (Å²) in [7, 11) is 0. The van der Waals surface area contributed by atoms with Gasteiger partial charge in [0.2, 0.25) is 0 Å². The molecule has 0 aromatic heterocycles. The minimum Gasteiger partial charge on any atom is -0.395 e. The summed E-state index contributed by atoms with van der Waals surface area (Å²) in [5, 5.41) is 12.5. The van der Waals surface area contributed by atoms with Crippen molar-refractivity contribution in [1.29, 1.82) is 0 Å². The molecular weight excluding hydrogens is 200 g/mol. The van der Waals surface area contributed by atoms with Gasteiger partial charge in [-0.2, -0.15) is 0 Å². The highest BCUT2D eigenvalue weighted by Gasteiger charge is 2.24. The van der Waals surface area contributed by atoms with E-state index in [9.17, 15) is 0 Å². The van der Waals surface area contributed by atoms with E-state index in [4.69, 9.17) is 5.11 Å². The Morgan fingerprint density at radius 2 is 1.94 bits per heavy atom. The zero-order valence-electron chi connectivity index (χ0n) is 11.7. The number of likely N-dealkylation sites (N-methyl/N-ethyl adjacent to an activating group) is 1. The number of nitrogens with one attached hydrogen (secondary N) is 1. The number of aliphatic hydroxyl groups is 1. The van der Waals surface area contributed by atoms with Crippen molar-refractivity contribution in [3.63, 3.8) is 0 Å². The van der Waals surface area contributed by atoms with Gasteiger partial charge in [-0.1, -0.05) is 34.6 Å². The van der Waals surface area contributed by atoms with Crippen molar-refractivity contribution in [3.05, 3.63) is 0 Å². The van der Waals surface area contributed by atoms with E-state index in [2.05, 4.69) is 44.8 Å². The third kappa shape index (κ3) is 6.46. The van der Waals surface area contributed by atoms with Crippen molar-refractivity contribution in [2.75, 3.05) is 32.8 Å². The Bertz CT molecular complexity index is 173. The van der Waals surface area contributed by atoms with Gasteiger partial charge in [-0.25, -0.2) is 0 Å². The molecule has 0 saturated carbocycles. The molecular formula is C13H30N2O. The minimum atomic E-state index is 0.255. The van der Waals surface area contributed by atoms with E-state index in [1.807, 2.05) is 0 Å². The van der Waals surface area contributed by atoms with Crippen LogP contribution in [0.1, 0.15) is 41.0 Å². The molecule has 0 aromatic rings. The highest BCUT2D eigenvalue weighted by Crippen LogP contribution is 2.21.